The highest BCUT2D eigenvalue weighted by atomic mass is 32.1. The van der Waals surface area contributed by atoms with E-state index in [1.165, 1.54) is 16.0 Å². The molecule has 2 aromatic heterocycles. The van der Waals surface area contributed by atoms with Crippen LogP contribution in [0.4, 0.5) is 0 Å². The van der Waals surface area contributed by atoms with Crippen molar-refractivity contribution in [3.63, 3.8) is 0 Å². The molecule has 136 valence electrons. The van der Waals surface area contributed by atoms with E-state index in [1.807, 2.05) is 29.6 Å². The number of rotatable bonds is 9. The lowest BCUT2D eigenvalue weighted by molar-refractivity contribution is -0.121. The number of thiazole rings is 1. The Kier molecular flexibility index (Phi) is 6.74. The number of benzene rings is 1. The van der Waals surface area contributed by atoms with Crippen LogP contribution < -0.4 is 10.6 Å². The molecule has 0 radical (unpaired) electrons. The summed E-state index contributed by atoms with van der Waals surface area (Å²) in [6, 6.07) is 11.8. The molecule has 0 atom stereocenters. The van der Waals surface area contributed by atoms with Gasteiger partial charge in [-0.2, -0.15) is 0 Å². The average Bonchev–Trinajstić information content (AvgIpc) is 3.31. The maximum atomic E-state index is 11.8. The van der Waals surface area contributed by atoms with Crippen molar-refractivity contribution in [2.45, 2.75) is 25.7 Å². The molecule has 0 unspecified atom stereocenters. The van der Waals surface area contributed by atoms with Gasteiger partial charge in [0.2, 0.25) is 5.91 Å². The quantitative estimate of drug-likeness (QED) is 0.551. The van der Waals surface area contributed by atoms with Crippen LogP contribution in [0, 0.1) is 0 Å². The first-order valence-corrected chi connectivity index (χ1v) is 10.3. The van der Waals surface area contributed by atoms with Gasteiger partial charge >= 0.3 is 0 Å². The molecule has 7 heteroatoms. The lowest BCUT2D eigenvalue weighted by atomic mass is 10.2. The molecule has 3 rings (SSSR count). The minimum atomic E-state index is -0.0729. The lowest BCUT2D eigenvalue weighted by Gasteiger charge is -2.05. The molecule has 26 heavy (non-hydrogen) atoms. The van der Waals surface area contributed by atoms with Gasteiger partial charge < -0.3 is 10.6 Å². The number of nitrogens with zero attached hydrogens (tertiary/aromatic N) is 1. The van der Waals surface area contributed by atoms with E-state index in [1.54, 1.807) is 17.4 Å². The largest absolute Gasteiger partial charge is 0.356 e. The van der Waals surface area contributed by atoms with E-state index in [0.717, 1.165) is 23.4 Å². The third kappa shape index (κ3) is 5.37. The minimum Gasteiger partial charge on any atom is -0.356 e. The van der Waals surface area contributed by atoms with Gasteiger partial charge in [0.05, 0.1) is 20.1 Å². The summed E-state index contributed by atoms with van der Waals surface area (Å²) < 4.78 is 1.20. The third-order valence-electron chi connectivity index (χ3n) is 3.84. The molecular weight excluding hydrogens is 366 g/mol. The van der Waals surface area contributed by atoms with Gasteiger partial charge in [-0.1, -0.05) is 18.2 Å². The topological polar surface area (TPSA) is 71.1 Å². The van der Waals surface area contributed by atoms with E-state index in [0.29, 0.717) is 30.8 Å². The molecule has 5 nitrogen and oxygen atoms in total. The van der Waals surface area contributed by atoms with Crippen molar-refractivity contribution in [2.24, 2.45) is 0 Å². The van der Waals surface area contributed by atoms with Crippen LogP contribution in [0.15, 0.2) is 41.8 Å². The van der Waals surface area contributed by atoms with E-state index >= 15 is 0 Å². The summed E-state index contributed by atoms with van der Waals surface area (Å²) in [5.41, 5.74) is 1.04. The van der Waals surface area contributed by atoms with E-state index in [2.05, 4.69) is 21.7 Å². The van der Waals surface area contributed by atoms with Gasteiger partial charge in [0.15, 0.2) is 0 Å². The van der Waals surface area contributed by atoms with Gasteiger partial charge in [0, 0.05) is 25.9 Å². The number of fused-ring (bicyclic) bond motifs is 1. The first-order valence-electron chi connectivity index (χ1n) is 8.65. The molecule has 2 N–H and O–H groups in total. The second-order valence-corrected chi connectivity index (χ2v) is 7.93. The fraction of sp³-hybridized carbons (Fsp3) is 0.316. The summed E-state index contributed by atoms with van der Waals surface area (Å²) in [6.07, 6.45) is 2.81. The number of aromatic nitrogens is 1. The van der Waals surface area contributed by atoms with Crippen LogP contribution in [-0.2, 0) is 11.2 Å². The number of nitrogens with one attached hydrogen (secondary N) is 2. The highest BCUT2D eigenvalue weighted by Crippen LogP contribution is 2.22. The number of aryl methyl sites for hydroxylation is 1. The van der Waals surface area contributed by atoms with Crippen LogP contribution in [0.3, 0.4) is 0 Å². The van der Waals surface area contributed by atoms with Crippen LogP contribution in [0.25, 0.3) is 10.2 Å². The zero-order valence-corrected chi connectivity index (χ0v) is 16.0. The molecule has 2 amide bonds. The number of carbonyl (C=O) groups excluding carboxylic acids is 2. The van der Waals surface area contributed by atoms with Gasteiger partial charge in [-0.3, -0.25) is 9.59 Å². The number of hydrogen-bond donors (Lipinski definition) is 2. The van der Waals surface area contributed by atoms with Crippen molar-refractivity contribution in [2.75, 3.05) is 13.1 Å². The Labute approximate surface area is 160 Å². The van der Waals surface area contributed by atoms with Gasteiger partial charge in [0.25, 0.3) is 5.91 Å². The molecule has 0 fully saturated rings. The molecule has 0 aliphatic rings. The van der Waals surface area contributed by atoms with E-state index in [9.17, 15) is 9.59 Å². The highest BCUT2D eigenvalue weighted by molar-refractivity contribution is 7.18. The molecule has 3 aromatic rings. The Bertz CT molecular complexity index is 826. The van der Waals surface area contributed by atoms with Gasteiger partial charge in [0.1, 0.15) is 0 Å². The maximum absolute atomic E-state index is 11.8. The van der Waals surface area contributed by atoms with Crippen molar-refractivity contribution < 1.29 is 9.59 Å². The molecule has 0 aliphatic carbocycles. The predicted molar refractivity (Wildman–Crippen MR) is 107 cm³/mol. The van der Waals surface area contributed by atoms with Crippen molar-refractivity contribution in [1.29, 1.82) is 0 Å². The van der Waals surface area contributed by atoms with Gasteiger partial charge in [-0.25, -0.2) is 4.98 Å². The minimum absolute atomic E-state index is 0.0275. The fourth-order valence-electron chi connectivity index (χ4n) is 2.53. The van der Waals surface area contributed by atoms with Gasteiger partial charge in [-0.05, 0) is 36.4 Å². The number of carbonyl (C=O) groups is 2. The van der Waals surface area contributed by atoms with Crippen LogP contribution >= 0.6 is 22.7 Å². The molecule has 1 aromatic carbocycles. The van der Waals surface area contributed by atoms with E-state index in [4.69, 9.17) is 0 Å². The predicted octanol–water partition coefficient (Wildman–Crippen LogP) is 3.62. The highest BCUT2D eigenvalue weighted by Gasteiger charge is 2.07. The zero-order chi connectivity index (χ0) is 18.2. The Morgan fingerprint density at radius 3 is 2.65 bits per heavy atom. The van der Waals surface area contributed by atoms with Crippen LogP contribution in [-0.4, -0.2) is 29.9 Å². The zero-order valence-electron chi connectivity index (χ0n) is 14.4. The molecular formula is C19H21N3O2S2. The maximum Gasteiger partial charge on any atom is 0.261 e. The first-order chi connectivity index (χ1) is 12.7. The summed E-state index contributed by atoms with van der Waals surface area (Å²) in [5, 5.41) is 8.74. The summed E-state index contributed by atoms with van der Waals surface area (Å²) in [6.45, 7) is 1.16. The first kappa shape index (κ1) is 18.5. The lowest BCUT2D eigenvalue weighted by Crippen LogP contribution is -2.27. The number of thiophene rings is 1. The Morgan fingerprint density at radius 2 is 1.85 bits per heavy atom. The molecule has 0 spiro atoms. The van der Waals surface area contributed by atoms with Crippen molar-refractivity contribution in [3.05, 3.63) is 51.7 Å². The number of para-hydroxylation sites is 1. The van der Waals surface area contributed by atoms with Crippen molar-refractivity contribution >= 4 is 44.7 Å². The van der Waals surface area contributed by atoms with E-state index < -0.39 is 0 Å². The van der Waals surface area contributed by atoms with Crippen LogP contribution in [0.5, 0.6) is 0 Å². The van der Waals surface area contributed by atoms with Crippen LogP contribution in [0.2, 0.25) is 0 Å². The van der Waals surface area contributed by atoms with Crippen molar-refractivity contribution in [1.82, 2.24) is 15.6 Å². The molecule has 0 saturated heterocycles. The molecule has 2 heterocycles. The van der Waals surface area contributed by atoms with Crippen molar-refractivity contribution in [3.8, 4) is 0 Å². The monoisotopic (exact) mass is 387 g/mol. The summed E-state index contributed by atoms with van der Waals surface area (Å²) >= 11 is 3.12. The summed E-state index contributed by atoms with van der Waals surface area (Å²) in [4.78, 5) is 28.9. The Morgan fingerprint density at radius 1 is 1.00 bits per heavy atom. The third-order valence-corrected chi connectivity index (χ3v) is 5.80. The molecule has 0 aliphatic heterocycles. The number of amides is 2. The molecule has 0 bridgehead atoms. The summed E-state index contributed by atoms with van der Waals surface area (Å²) in [5.74, 6) is -0.0454. The standard InChI is InChI=1S/C19H21N3O2S2/c23-17(9-3-12-21-19(24)16-8-5-13-25-16)20-11-4-10-18-22-14-6-1-2-7-15(14)26-18/h1-2,5-8,13H,3-4,9-12H2,(H,20,23)(H,21,24). The summed E-state index contributed by atoms with van der Waals surface area (Å²) in [7, 11) is 0. The normalized spacial score (nSPS) is 10.8. The Hall–Kier alpha value is -2.25. The smallest absolute Gasteiger partial charge is 0.261 e. The molecule has 0 saturated carbocycles. The fourth-order valence-corrected chi connectivity index (χ4v) is 4.18. The Balaban J connectivity index is 1.26. The van der Waals surface area contributed by atoms with Gasteiger partial charge in [-0.15, -0.1) is 22.7 Å². The SMILES string of the molecule is O=C(CCCNC(=O)c1cccs1)NCCCc1nc2ccccc2s1. The average molecular weight is 388 g/mol. The van der Waals surface area contributed by atoms with E-state index in [-0.39, 0.29) is 11.8 Å². The number of hydrogen-bond acceptors (Lipinski definition) is 5. The second-order valence-electron chi connectivity index (χ2n) is 5.87. The van der Waals surface area contributed by atoms with Crippen LogP contribution in [0.1, 0.15) is 33.9 Å². The second kappa shape index (κ2) is 9.45.